The molecule has 0 aliphatic heterocycles. The van der Waals surface area contributed by atoms with Gasteiger partial charge in [-0.3, -0.25) is 9.69 Å². The second-order valence-electron chi connectivity index (χ2n) is 6.88. The summed E-state index contributed by atoms with van der Waals surface area (Å²) in [5, 5.41) is 11.5. The molecule has 0 spiro atoms. The molecule has 0 bridgehead atoms. The molecule has 0 aliphatic carbocycles. The Morgan fingerprint density at radius 2 is 2.07 bits per heavy atom. The van der Waals surface area contributed by atoms with E-state index in [4.69, 9.17) is 10.5 Å². The summed E-state index contributed by atoms with van der Waals surface area (Å²) in [5.74, 6) is 0.119. The van der Waals surface area contributed by atoms with Crippen LogP contribution in [0.5, 0.6) is 5.75 Å². The first-order valence-electron chi connectivity index (χ1n) is 9.06. The van der Waals surface area contributed by atoms with Crippen molar-refractivity contribution >= 4 is 17.7 Å². The van der Waals surface area contributed by atoms with Crippen LogP contribution in [-0.4, -0.2) is 42.7 Å². The summed E-state index contributed by atoms with van der Waals surface area (Å²) >= 11 is 0. The monoisotopic (exact) mass is 372 g/mol. The van der Waals surface area contributed by atoms with Gasteiger partial charge in [-0.25, -0.2) is 0 Å². The molecule has 27 heavy (non-hydrogen) atoms. The third-order valence-electron chi connectivity index (χ3n) is 4.74. The Morgan fingerprint density at radius 1 is 1.41 bits per heavy atom. The largest absolute Gasteiger partial charge is 0.496 e. The summed E-state index contributed by atoms with van der Waals surface area (Å²) in [6.45, 7) is 12.1. The van der Waals surface area contributed by atoms with Crippen molar-refractivity contribution in [2.75, 3.05) is 20.7 Å². The highest BCUT2D eigenvalue weighted by molar-refractivity contribution is 5.74. The van der Waals surface area contributed by atoms with Gasteiger partial charge in [0.25, 0.3) is 0 Å². The van der Waals surface area contributed by atoms with Gasteiger partial charge in [-0.1, -0.05) is 31.7 Å². The zero-order valence-corrected chi connectivity index (χ0v) is 16.9. The second-order valence-corrected chi connectivity index (χ2v) is 6.88. The molecule has 1 aromatic rings. The minimum atomic E-state index is -0.856. The molecule has 3 N–H and O–H groups in total. The van der Waals surface area contributed by atoms with Gasteiger partial charge < -0.3 is 15.6 Å². The number of ether oxygens (including phenoxy) is 1. The normalized spacial score (nSPS) is 15.2. The molecule has 0 aliphatic rings. The fourth-order valence-electron chi connectivity index (χ4n) is 2.92. The molecule has 1 aromatic carbocycles. The van der Waals surface area contributed by atoms with E-state index < -0.39 is 12.0 Å². The number of allylic oxidation sites excluding steroid dienone is 2. The zero-order valence-electron chi connectivity index (χ0n) is 16.9. The van der Waals surface area contributed by atoms with Gasteiger partial charge in [-0.15, -0.1) is 6.58 Å². The number of carboxylic acids is 1. The molecule has 0 saturated heterocycles. The van der Waals surface area contributed by atoms with Crippen molar-refractivity contribution in [2.45, 2.75) is 32.7 Å². The minimum Gasteiger partial charge on any atom is -0.496 e. The van der Waals surface area contributed by atoms with Crippen molar-refractivity contribution < 1.29 is 14.6 Å². The number of hydrogen-bond acceptors (Lipinski definition) is 4. The van der Waals surface area contributed by atoms with Gasteiger partial charge in [-0.05, 0) is 55.8 Å². The van der Waals surface area contributed by atoms with Crippen molar-refractivity contribution in [3.63, 3.8) is 0 Å². The van der Waals surface area contributed by atoms with E-state index in [1.165, 1.54) is 0 Å². The Kier molecular flexibility index (Phi) is 8.82. The number of likely N-dealkylation sites (N-methyl/N-ethyl adjacent to an activating group) is 1. The van der Waals surface area contributed by atoms with Crippen molar-refractivity contribution in [2.24, 2.45) is 11.7 Å². The summed E-state index contributed by atoms with van der Waals surface area (Å²) in [4.78, 5) is 13.8. The highest BCUT2D eigenvalue weighted by Crippen LogP contribution is 2.19. The average molecular weight is 373 g/mol. The van der Waals surface area contributed by atoms with E-state index in [0.29, 0.717) is 30.3 Å². The fourth-order valence-corrected chi connectivity index (χ4v) is 2.92. The molecular formula is C22H32N2O3. The molecule has 5 nitrogen and oxygen atoms in total. The first kappa shape index (κ1) is 22.5. The number of carboxylic acid groups (broad SMARTS) is 1. The van der Waals surface area contributed by atoms with E-state index in [1.54, 1.807) is 13.2 Å². The van der Waals surface area contributed by atoms with E-state index in [1.807, 2.05) is 43.2 Å². The first-order chi connectivity index (χ1) is 12.7. The van der Waals surface area contributed by atoms with Crippen molar-refractivity contribution in [3.8, 4) is 5.75 Å². The maximum atomic E-state index is 11.9. The first-order valence-corrected chi connectivity index (χ1v) is 9.06. The Morgan fingerprint density at radius 3 is 2.56 bits per heavy atom. The molecule has 148 valence electrons. The van der Waals surface area contributed by atoms with E-state index >= 15 is 0 Å². The number of aliphatic carboxylic acids is 1. The van der Waals surface area contributed by atoms with Gasteiger partial charge >= 0.3 is 5.97 Å². The van der Waals surface area contributed by atoms with Gasteiger partial charge in [0.2, 0.25) is 0 Å². The summed E-state index contributed by atoms with van der Waals surface area (Å²) in [5.41, 5.74) is 7.48. The third-order valence-corrected chi connectivity index (χ3v) is 4.74. The molecule has 0 heterocycles. The highest BCUT2D eigenvalue weighted by Gasteiger charge is 2.24. The number of methoxy groups -OCH3 is 1. The van der Waals surface area contributed by atoms with Crippen LogP contribution in [-0.2, 0) is 11.2 Å². The quantitative estimate of drug-likeness (QED) is 0.614. The van der Waals surface area contributed by atoms with Crippen LogP contribution in [0.15, 0.2) is 37.4 Å². The topological polar surface area (TPSA) is 75.8 Å². The summed E-state index contributed by atoms with van der Waals surface area (Å²) < 4.78 is 5.51. The Bertz CT molecular complexity index is 795. The lowest BCUT2D eigenvalue weighted by Gasteiger charge is -2.26. The predicted octanol–water partition coefficient (Wildman–Crippen LogP) is 1.89. The molecule has 0 amide bonds. The molecule has 1 rings (SSSR count). The van der Waals surface area contributed by atoms with E-state index in [0.717, 1.165) is 22.4 Å². The molecule has 0 unspecified atom stereocenters. The maximum Gasteiger partial charge on any atom is 0.321 e. The lowest BCUT2D eigenvalue weighted by molar-refractivity contribution is -0.142. The zero-order chi connectivity index (χ0) is 20.6. The van der Waals surface area contributed by atoms with Crippen molar-refractivity contribution in [1.82, 2.24) is 4.90 Å². The van der Waals surface area contributed by atoms with Crippen molar-refractivity contribution in [3.05, 3.63) is 53.4 Å². The average Bonchev–Trinajstić information content (AvgIpc) is 2.63. The smallest absolute Gasteiger partial charge is 0.321 e. The van der Waals surface area contributed by atoms with Gasteiger partial charge in [0.1, 0.15) is 11.8 Å². The van der Waals surface area contributed by atoms with Gasteiger partial charge in [-0.2, -0.15) is 0 Å². The molecule has 5 heteroatoms. The van der Waals surface area contributed by atoms with Crippen molar-refractivity contribution in [1.29, 1.82) is 0 Å². The fraction of sp³-hybridized carbons (Fsp3) is 0.409. The van der Waals surface area contributed by atoms with Gasteiger partial charge in [0.15, 0.2) is 0 Å². The predicted molar refractivity (Wildman–Crippen MR) is 112 cm³/mol. The number of rotatable bonds is 10. The van der Waals surface area contributed by atoms with E-state index in [9.17, 15) is 9.90 Å². The lowest BCUT2D eigenvalue weighted by Crippen LogP contribution is -2.41. The lowest BCUT2D eigenvalue weighted by atomic mass is 10.00. The standard InChI is InChI=1S/C22H32N2O3/c1-7-9-17-12-18(21(27-6)14-19(17)16(4)23)13-20(22(25)26)24(5)11-10-15(3)8-2/h7-9,12,14-15,20H,1-2,10-11,13,23H2,3-6H3,(H,25,26)/b17-9-,19-16+/t15-,20-/m1/s1. The second kappa shape index (κ2) is 10.6. The number of nitrogens with zero attached hydrogens (tertiary/aromatic N) is 1. The van der Waals surface area contributed by atoms with Crippen LogP contribution in [0.2, 0.25) is 0 Å². The number of hydrogen-bond donors (Lipinski definition) is 2. The molecule has 0 fully saturated rings. The third kappa shape index (κ3) is 6.29. The summed E-state index contributed by atoms with van der Waals surface area (Å²) in [7, 11) is 3.42. The number of benzene rings is 1. The minimum absolute atomic E-state index is 0.333. The molecule has 0 aromatic heterocycles. The Balaban J connectivity index is 3.29. The molecule has 2 atom stereocenters. The van der Waals surface area contributed by atoms with Crippen LogP contribution in [0.4, 0.5) is 0 Å². The van der Waals surface area contributed by atoms with Crippen LogP contribution in [0.1, 0.15) is 25.8 Å². The van der Waals surface area contributed by atoms with E-state index in [2.05, 4.69) is 20.1 Å². The van der Waals surface area contributed by atoms with Crippen LogP contribution >= 0.6 is 0 Å². The number of carbonyl (C=O) groups is 1. The molecule has 0 saturated carbocycles. The Hall–Kier alpha value is -2.53. The molecular weight excluding hydrogens is 340 g/mol. The van der Waals surface area contributed by atoms with Crippen LogP contribution in [0.3, 0.4) is 0 Å². The maximum absolute atomic E-state index is 11.9. The van der Waals surface area contributed by atoms with Gasteiger partial charge in [0.05, 0.1) is 7.11 Å². The van der Waals surface area contributed by atoms with E-state index in [-0.39, 0.29) is 0 Å². The SMILES string of the molecule is C=C/C=c1/cc(C[C@H](C(=O)O)N(C)CC[C@H](C)C=C)c(OC)c/c1=C(/C)N. The molecule has 0 radical (unpaired) electrons. The van der Waals surface area contributed by atoms with Crippen LogP contribution in [0, 0.1) is 5.92 Å². The highest BCUT2D eigenvalue weighted by atomic mass is 16.5. The Labute approximate surface area is 162 Å². The van der Waals surface area contributed by atoms with Gasteiger partial charge in [0, 0.05) is 17.3 Å². The number of nitrogens with two attached hydrogens (primary N) is 1. The summed E-state index contributed by atoms with van der Waals surface area (Å²) in [6.07, 6.45) is 6.62. The summed E-state index contributed by atoms with van der Waals surface area (Å²) in [6, 6.07) is 3.14. The van der Waals surface area contributed by atoms with Crippen LogP contribution < -0.4 is 20.9 Å². The van der Waals surface area contributed by atoms with Crippen LogP contribution in [0.25, 0.3) is 11.8 Å².